The predicted molar refractivity (Wildman–Crippen MR) is 110 cm³/mol. The van der Waals surface area contributed by atoms with Crippen LogP contribution < -0.4 is 9.47 Å². The van der Waals surface area contributed by atoms with Gasteiger partial charge < -0.3 is 19.7 Å². The minimum absolute atomic E-state index is 0.796. The van der Waals surface area contributed by atoms with E-state index in [1.165, 1.54) is 11.1 Å². The van der Waals surface area contributed by atoms with Gasteiger partial charge >= 0.3 is 11.9 Å². The quantitative estimate of drug-likeness (QED) is 0.676. The summed E-state index contributed by atoms with van der Waals surface area (Å²) in [5.74, 6) is -2.01. The minimum atomic E-state index is -1.82. The summed E-state index contributed by atoms with van der Waals surface area (Å²) in [6.07, 6.45) is 3.77. The molecule has 0 atom stereocenters. The average Bonchev–Trinajstić information content (AvgIpc) is 2.76. The Morgan fingerprint density at radius 3 is 2.07 bits per heavy atom. The molecule has 1 fully saturated rings. The molecule has 2 N–H and O–H groups in total. The lowest BCUT2D eigenvalue weighted by atomic mass is 10.1. The number of rotatable bonds is 6. The van der Waals surface area contributed by atoms with Crippen molar-refractivity contribution < 1.29 is 29.3 Å². The second kappa shape index (κ2) is 11.7. The van der Waals surface area contributed by atoms with Crippen LogP contribution >= 0.6 is 0 Å². The van der Waals surface area contributed by atoms with Gasteiger partial charge in [-0.05, 0) is 17.7 Å². The van der Waals surface area contributed by atoms with Crippen LogP contribution in [0.15, 0.2) is 42.7 Å². The summed E-state index contributed by atoms with van der Waals surface area (Å²) >= 11 is 0. The lowest BCUT2D eigenvalue weighted by molar-refractivity contribution is -0.159. The van der Waals surface area contributed by atoms with Crippen LogP contribution in [0.4, 0.5) is 0 Å². The number of benzene rings is 1. The molecular weight excluding hydrogens is 390 g/mol. The molecule has 0 saturated carbocycles. The van der Waals surface area contributed by atoms with E-state index in [2.05, 4.69) is 26.9 Å². The number of carbonyl (C=O) groups is 2. The molecule has 1 aliphatic heterocycles. The molecule has 0 unspecified atom stereocenters. The fourth-order valence-corrected chi connectivity index (χ4v) is 3.17. The zero-order valence-corrected chi connectivity index (χ0v) is 17.2. The van der Waals surface area contributed by atoms with Gasteiger partial charge in [0.1, 0.15) is 0 Å². The highest BCUT2D eigenvalue weighted by atomic mass is 16.5. The number of nitrogens with zero attached hydrogens (tertiary/aromatic N) is 3. The molecule has 0 aliphatic carbocycles. The number of carboxylic acids is 2. The molecule has 0 spiro atoms. The Bertz CT molecular complexity index is 811. The van der Waals surface area contributed by atoms with Crippen molar-refractivity contribution in [1.29, 1.82) is 0 Å². The van der Waals surface area contributed by atoms with Gasteiger partial charge in [-0.25, -0.2) is 9.59 Å². The Morgan fingerprint density at radius 2 is 1.57 bits per heavy atom. The largest absolute Gasteiger partial charge is 0.493 e. The van der Waals surface area contributed by atoms with Crippen molar-refractivity contribution in [2.75, 3.05) is 40.4 Å². The van der Waals surface area contributed by atoms with Crippen LogP contribution in [0.3, 0.4) is 0 Å². The Balaban J connectivity index is 0.000000469. The summed E-state index contributed by atoms with van der Waals surface area (Å²) in [6.45, 7) is 6.12. The first-order valence-corrected chi connectivity index (χ1v) is 9.44. The van der Waals surface area contributed by atoms with Crippen molar-refractivity contribution in [2.45, 2.75) is 13.1 Å². The molecule has 1 aromatic carbocycles. The van der Waals surface area contributed by atoms with E-state index in [4.69, 9.17) is 29.3 Å². The Morgan fingerprint density at radius 1 is 0.933 bits per heavy atom. The van der Waals surface area contributed by atoms with Crippen molar-refractivity contribution in [3.05, 3.63) is 53.9 Å². The number of aromatic nitrogens is 1. The van der Waals surface area contributed by atoms with E-state index in [1.807, 2.05) is 30.6 Å². The summed E-state index contributed by atoms with van der Waals surface area (Å²) < 4.78 is 10.9. The third-order valence-corrected chi connectivity index (χ3v) is 4.66. The van der Waals surface area contributed by atoms with Crippen molar-refractivity contribution in [3.63, 3.8) is 0 Å². The Kier molecular flexibility index (Phi) is 9.04. The fraction of sp³-hybridized carbons (Fsp3) is 0.381. The third kappa shape index (κ3) is 7.02. The van der Waals surface area contributed by atoms with Crippen molar-refractivity contribution >= 4 is 11.9 Å². The number of hydrogen-bond donors (Lipinski definition) is 2. The first kappa shape index (κ1) is 23.1. The van der Waals surface area contributed by atoms with Gasteiger partial charge in [-0.2, -0.15) is 0 Å². The number of piperazine rings is 1. The number of pyridine rings is 1. The van der Waals surface area contributed by atoms with Crippen LogP contribution in [0.25, 0.3) is 0 Å². The van der Waals surface area contributed by atoms with Gasteiger partial charge in [-0.15, -0.1) is 0 Å². The number of para-hydroxylation sites is 1. The second-order valence-electron chi connectivity index (χ2n) is 6.68. The smallest absolute Gasteiger partial charge is 0.414 e. The Hall–Kier alpha value is -3.17. The van der Waals surface area contributed by atoms with Crippen LogP contribution in [0.2, 0.25) is 0 Å². The van der Waals surface area contributed by atoms with Crippen molar-refractivity contribution in [2.24, 2.45) is 0 Å². The molecule has 1 saturated heterocycles. The molecule has 0 bridgehead atoms. The van der Waals surface area contributed by atoms with Gasteiger partial charge in [0.2, 0.25) is 0 Å². The average molecular weight is 417 g/mol. The number of ether oxygens (including phenoxy) is 2. The van der Waals surface area contributed by atoms with E-state index in [-0.39, 0.29) is 0 Å². The topological polar surface area (TPSA) is 112 Å². The molecule has 9 nitrogen and oxygen atoms in total. The molecule has 2 aromatic rings. The van der Waals surface area contributed by atoms with Crippen LogP contribution in [-0.4, -0.2) is 77.3 Å². The van der Waals surface area contributed by atoms with E-state index in [0.717, 1.165) is 50.8 Å². The van der Waals surface area contributed by atoms with E-state index >= 15 is 0 Å². The first-order valence-electron chi connectivity index (χ1n) is 9.44. The zero-order valence-electron chi connectivity index (χ0n) is 17.2. The maximum atomic E-state index is 9.10. The van der Waals surface area contributed by atoms with Gasteiger partial charge in [-0.3, -0.25) is 14.8 Å². The molecule has 162 valence electrons. The van der Waals surface area contributed by atoms with E-state index < -0.39 is 11.9 Å². The number of hydrogen-bond acceptors (Lipinski definition) is 7. The molecule has 0 amide bonds. The number of aliphatic carboxylic acids is 2. The molecule has 1 aromatic heterocycles. The maximum Gasteiger partial charge on any atom is 0.414 e. The molecule has 3 rings (SSSR count). The summed E-state index contributed by atoms with van der Waals surface area (Å²) in [5.41, 5.74) is 2.46. The van der Waals surface area contributed by atoms with Gasteiger partial charge in [0, 0.05) is 57.2 Å². The zero-order chi connectivity index (χ0) is 21.9. The van der Waals surface area contributed by atoms with Crippen LogP contribution in [0.1, 0.15) is 11.1 Å². The minimum Gasteiger partial charge on any atom is -0.493 e. The number of carboxylic acid groups (broad SMARTS) is 2. The highest BCUT2D eigenvalue weighted by molar-refractivity contribution is 6.27. The summed E-state index contributed by atoms with van der Waals surface area (Å²) in [7, 11) is 3.38. The van der Waals surface area contributed by atoms with Crippen molar-refractivity contribution in [1.82, 2.24) is 14.8 Å². The molecule has 1 aliphatic rings. The van der Waals surface area contributed by atoms with Crippen LogP contribution in [0.5, 0.6) is 11.5 Å². The van der Waals surface area contributed by atoms with Gasteiger partial charge in [0.15, 0.2) is 11.5 Å². The van der Waals surface area contributed by atoms with Gasteiger partial charge in [-0.1, -0.05) is 18.2 Å². The third-order valence-electron chi connectivity index (χ3n) is 4.66. The Labute approximate surface area is 175 Å². The first-order chi connectivity index (χ1) is 14.4. The predicted octanol–water partition coefficient (Wildman–Crippen LogP) is 1.57. The number of methoxy groups -OCH3 is 2. The highest BCUT2D eigenvalue weighted by Crippen LogP contribution is 2.31. The van der Waals surface area contributed by atoms with E-state index in [0.29, 0.717) is 0 Å². The normalized spacial score (nSPS) is 14.3. The monoisotopic (exact) mass is 417 g/mol. The van der Waals surface area contributed by atoms with E-state index in [9.17, 15) is 0 Å². The molecule has 0 radical (unpaired) electrons. The fourth-order valence-electron chi connectivity index (χ4n) is 3.17. The van der Waals surface area contributed by atoms with Crippen LogP contribution in [0, 0.1) is 0 Å². The van der Waals surface area contributed by atoms with Crippen LogP contribution in [-0.2, 0) is 22.7 Å². The highest BCUT2D eigenvalue weighted by Gasteiger charge is 2.19. The molecule has 2 heterocycles. The van der Waals surface area contributed by atoms with Crippen molar-refractivity contribution in [3.8, 4) is 11.5 Å². The molecule has 9 heteroatoms. The lowest BCUT2D eigenvalue weighted by Gasteiger charge is -2.35. The summed E-state index contributed by atoms with van der Waals surface area (Å²) in [6, 6.07) is 10.2. The SMILES string of the molecule is COc1cccc(CN2CCN(Cc3cccnc3)CC2)c1OC.O=C(O)C(=O)O. The summed E-state index contributed by atoms with van der Waals surface area (Å²) in [4.78, 5) is 27.3. The standard InChI is InChI=1S/C19H25N3O2.C2H2O4/c1-23-18-7-3-6-17(19(18)24-2)15-22-11-9-21(10-12-22)14-16-5-4-8-20-13-16;3-1(4)2(5)6/h3-8,13H,9-12,14-15H2,1-2H3;(H,3,4)(H,5,6). The molecule has 30 heavy (non-hydrogen) atoms. The van der Waals surface area contributed by atoms with Gasteiger partial charge in [0.25, 0.3) is 0 Å². The van der Waals surface area contributed by atoms with E-state index in [1.54, 1.807) is 14.2 Å². The summed E-state index contributed by atoms with van der Waals surface area (Å²) in [5, 5.41) is 14.8. The maximum absolute atomic E-state index is 9.10. The lowest BCUT2D eigenvalue weighted by Crippen LogP contribution is -2.45. The molecular formula is C21H27N3O6. The second-order valence-corrected chi connectivity index (χ2v) is 6.68. The van der Waals surface area contributed by atoms with Gasteiger partial charge in [0.05, 0.1) is 14.2 Å².